The van der Waals surface area contributed by atoms with Gasteiger partial charge in [0.2, 0.25) is 0 Å². The Morgan fingerprint density at radius 1 is 1.67 bits per heavy atom. The molecule has 0 amide bonds. The minimum absolute atomic E-state index is 0.0531. The summed E-state index contributed by atoms with van der Waals surface area (Å²) in [5.41, 5.74) is 2.38. The van der Waals surface area contributed by atoms with E-state index in [9.17, 15) is 4.79 Å². The first-order valence-electron chi connectivity index (χ1n) is 5.63. The zero-order valence-corrected chi connectivity index (χ0v) is 9.08. The minimum Gasteiger partial charge on any atom is -0.465 e. The third-order valence-electron chi connectivity index (χ3n) is 2.94. The van der Waals surface area contributed by atoms with Crippen LogP contribution in [0.4, 0.5) is 0 Å². The molecular formula is C12H17NO2. The summed E-state index contributed by atoms with van der Waals surface area (Å²) >= 11 is 0. The van der Waals surface area contributed by atoms with Crippen molar-refractivity contribution in [2.24, 2.45) is 5.92 Å². The summed E-state index contributed by atoms with van der Waals surface area (Å²) < 4.78 is 5.08. The molecule has 3 heteroatoms. The van der Waals surface area contributed by atoms with Crippen LogP contribution in [0.3, 0.4) is 0 Å². The molecule has 1 unspecified atom stereocenters. The molecule has 1 N–H and O–H groups in total. The van der Waals surface area contributed by atoms with Gasteiger partial charge in [-0.15, -0.1) is 0 Å². The first kappa shape index (κ1) is 10.3. The molecule has 15 heavy (non-hydrogen) atoms. The molecule has 0 radical (unpaired) electrons. The normalized spacial score (nSPS) is 24.5. The van der Waals surface area contributed by atoms with Gasteiger partial charge in [-0.05, 0) is 37.8 Å². The molecule has 0 bridgehead atoms. The SMILES string of the molecule is CCOC(=O)C1CNC2=C1CCCC=C2. The maximum Gasteiger partial charge on any atom is 0.314 e. The van der Waals surface area contributed by atoms with Gasteiger partial charge in [0.15, 0.2) is 0 Å². The van der Waals surface area contributed by atoms with Crippen LogP contribution in [0, 0.1) is 5.92 Å². The molecule has 2 aliphatic rings. The maximum absolute atomic E-state index is 11.7. The molecule has 1 aliphatic heterocycles. The van der Waals surface area contributed by atoms with Crippen LogP contribution in [0.1, 0.15) is 26.2 Å². The first-order chi connectivity index (χ1) is 7.33. The number of carbonyl (C=O) groups excluding carboxylic acids is 1. The number of allylic oxidation sites excluding steroid dienone is 2. The Hall–Kier alpha value is -1.25. The average molecular weight is 207 g/mol. The molecule has 1 atom stereocenters. The Morgan fingerprint density at radius 3 is 3.33 bits per heavy atom. The third-order valence-corrected chi connectivity index (χ3v) is 2.94. The molecule has 82 valence electrons. The molecule has 1 heterocycles. The van der Waals surface area contributed by atoms with Crippen LogP contribution in [-0.2, 0) is 9.53 Å². The van der Waals surface area contributed by atoms with Gasteiger partial charge in [0.1, 0.15) is 0 Å². The highest BCUT2D eigenvalue weighted by molar-refractivity contribution is 5.77. The van der Waals surface area contributed by atoms with E-state index in [1.807, 2.05) is 6.92 Å². The van der Waals surface area contributed by atoms with E-state index in [1.54, 1.807) is 0 Å². The average Bonchev–Trinajstić information content (AvgIpc) is 2.48. The standard InChI is InChI=1S/C12H17NO2/c1-2-15-12(14)10-8-13-11-7-5-3-4-6-9(10)11/h5,7,10,13H,2-4,6,8H2,1H3. The van der Waals surface area contributed by atoms with Gasteiger partial charge in [0.25, 0.3) is 0 Å². The lowest BCUT2D eigenvalue weighted by atomic mass is 9.97. The number of nitrogens with one attached hydrogen (secondary N) is 1. The van der Waals surface area contributed by atoms with Gasteiger partial charge in [-0.3, -0.25) is 4.79 Å². The van der Waals surface area contributed by atoms with Crippen LogP contribution < -0.4 is 5.32 Å². The molecule has 1 aliphatic carbocycles. The van der Waals surface area contributed by atoms with Crippen molar-refractivity contribution in [2.45, 2.75) is 26.2 Å². The highest BCUT2D eigenvalue weighted by Crippen LogP contribution is 2.29. The lowest BCUT2D eigenvalue weighted by Crippen LogP contribution is -2.23. The van der Waals surface area contributed by atoms with E-state index in [2.05, 4.69) is 17.5 Å². The second-order valence-electron chi connectivity index (χ2n) is 3.92. The molecule has 0 saturated heterocycles. The Labute approximate surface area is 90.2 Å². The largest absolute Gasteiger partial charge is 0.465 e. The van der Waals surface area contributed by atoms with Crippen molar-refractivity contribution in [1.29, 1.82) is 0 Å². The molecule has 0 aromatic carbocycles. The quantitative estimate of drug-likeness (QED) is 0.701. The summed E-state index contributed by atoms with van der Waals surface area (Å²) in [6, 6.07) is 0. The van der Waals surface area contributed by atoms with Gasteiger partial charge in [-0.1, -0.05) is 6.08 Å². The smallest absolute Gasteiger partial charge is 0.314 e. The Bertz CT molecular complexity index is 318. The molecule has 0 spiro atoms. The number of esters is 1. The molecular weight excluding hydrogens is 190 g/mol. The summed E-state index contributed by atoms with van der Waals surface area (Å²) in [5.74, 6) is -0.131. The van der Waals surface area contributed by atoms with Gasteiger partial charge >= 0.3 is 5.97 Å². The van der Waals surface area contributed by atoms with Crippen LogP contribution in [0.15, 0.2) is 23.4 Å². The van der Waals surface area contributed by atoms with Crippen molar-refractivity contribution in [3.63, 3.8) is 0 Å². The van der Waals surface area contributed by atoms with Gasteiger partial charge in [-0.25, -0.2) is 0 Å². The van der Waals surface area contributed by atoms with Crippen molar-refractivity contribution in [1.82, 2.24) is 5.32 Å². The second-order valence-corrected chi connectivity index (χ2v) is 3.92. The fourth-order valence-electron chi connectivity index (χ4n) is 2.19. The van der Waals surface area contributed by atoms with E-state index in [1.165, 1.54) is 5.57 Å². The third kappa shape index (κ3) is 2.06. The van der Waals surface area contributed by atoms with E-state index in [0.717, 1.165) is 25.0 Å². The monoisotopic (exact) mass is 207 g/mol. The number of rotatable bonds is 2. The molecule has 0 saturated carbocycles. The highest BCUT2D eigenvalue weighted by Gasteiger charge is 2.31. The van der Waals surface area contributed by atoms with Crippen LogP contribution in [0.25, 0.3) is 0 Å². The summed E-state index contributed by atoms with van der Waals surface area (Å²) in [5, 5.41) is 3.28. The van der Waals surface area contributed by atoms with Crippen molar-refractivity contribution >= 4 is 5.97 Å². The van der Waals surface area contributed by atoms with Crippen LogP contribution in [0.5, 0.6) is 0 Å². The predicted molar refractivity (Wildman–Crippen MR) is 58.1 cm³/mol. The maximum atomic E-state index is 11.7. The number of carbonyl (C=O) groups is 1. The highest BCUT2D eigenvalue weighted by atomic mass is 16.5. The predicted octanol–water partition coefficient (Wildman–Crippen LogP) is 1.76. The molecule has 0 aromatic heterocycles. The van der Waals surface area contributed by atoms with E-state index >= 15 is 0 Å². The zero-order valence-electron chi connectivity index (χ0n) is 9.08. The van der Waals surface area contributed by atoms with Crippen molar-refractivity contribution in [3.8, 4) is 0 Å². The molecule has 0 aromatic rings. The Kier molecular flexibility index (Phi) is 3.09. The summed E-state index contributed by atoms with van der Waals surface area (Å²) in [6.45, 7) is 3.02. The van der Waals surface area contributed by atoms with Gasteiger partial charge in [-0.2, -0.15) is 0 Å². The Balaban J connectivity index is 2.13. The van der Waals surface area contributed by atoms with E-state index in [-0.39, 0.29) is 11.9 Å². The Morgan fingerprint density at radius 2 is 2.53 bits per heavy atom. The van der Waals surface area contributed by atoms with E-state index in [0.29, 0.717) is 13.2 Å². The van der Waals surface area contributed by atoms with E-state index < -0.39 is 0 Å². The zero-order chi connectivity index (χ0) is 10.7. The van der Waals surface area contributed by atoms with Crippen molar-refractivity contribution in [2.75, 3.05) is 13.2 Å². The summed E-state index contributed by atoms with van der Waals surface area (Å²) in [7, 11) is 0. The van der Waals surface area contributed by atoms with Crippen molar-refractivity contribution < 1.29 is 9.53 Å². The van der Waals surface area contributed by atoms with Crippen molar-refractivity contribution in [3.05, 3.63) is 23.4 Å². The topological polar surface area (TPSA) is 38.3 Å². The van der Waals surface area contributed by atoms with Gasteiger partial charge in [0, 0.05) is 12.2 Å². The van der Waals surface area contributed by atoms with Crippen LogP contribution in [0.2, 0.25) is 0 Å². The number of hydrogen-bond acceptors (Lipinski definition) is 3. The summed E-state index contributed by atoms with van der Waals surface area (Å²) in [6.07, 6.45) is 7.51. The fraction of sp³-hybridized carbons (Fsp3) is 0.583. The van der Waals surface area contributed by atoms with Crippen LogP contribution >= 0.6 is 0 Å². The number of ether oxygens (including phenoxy) is 1. The number of hydrogen-bond donors (Lipinski definition) is 1. The molecule has 0 fully saturated rings. The van der Waals surface area contributed by atoms with E-state index in [4.69, 9.17) is 4.74 Å². The molecule has 2 rings (SSSR count). The minimum atomic E-state index is -0.0784. The fourth-order valence-corrected chi connectivity index (χ4v) is 2.19. The van der Waals surface area contributed by atoms with Gasteiger partial charge < -0.3 is 10.1 Å². The molecule has 3 nitrogen and oxygen atoms in total. The van der Waals surface area contributed by atoms with Gasteiger partial charge in [0.05, 0.1) is 12.5 Å². The van der Waals surface area contributed by atoms with Crippen LogP contribution in [-0.4, -0.2) is 19.1 Å². The summed E-state index contributed by atoms with van der Waals surface area (Å²) in [4.78, 5) is 11.7. The lowest BCUT2D eigenvalue weighted by Gasteiger charge is -2.11. The lowest BCUT2D eigenvalue weighted by molar-refractivity contribution is -0.146. The first-order valence-corrected chi connectivity index (χ1v) is 5.63. The second kappa shape index (κ2) is 4.51.